The Morgan fingerprint density at radius 3 is 2.50 bits per heavy atom. The number of aliphatic carboxylic acids is 1. The minimum Gasteiger partial charge on any atom is -0.477 e. The minimum absolute atomic E-state index is 0.143. The van der Waals surface area contributed by atoms with Crippen LogP contribution in [0.25, 0.3) is 0 Å². The average Bonchev–Trinajstić information content (AvgIpc) is 2.21. The Kier molecular flexibility index (Phi) is 4.50. The molecule has 2 N–H and O–H groups in total. The highest BCUT2D eigenvalue weighted by molar-refractivity contribution is 6.34. The van der Waals surface area contributed by atoms with Crippen LogP contribution in [0.5, 0.6) is 0 Å². The van der Waals surface area contributed by atoms with Crippen molar-refractivity contribution in [1.29, 1.82) is 5.41 Å². The van der Waals surface area contributed by atoms with Crippen molar-refractivity contribution in [1.82, 2.24) is 0 Å². The Morgan fingerprint density at radius 2 is 2.00 bits per heavy atom. The number of nitrogens with one attached hydrogen (secondary N) is 1. The van der Waals surface area contributed by atoms with Crippen LogP contribution in [0.2, 0.25) is 5.02 Å². The minimum atomic E-state index is -1.14. The smallest absolute Gasteiger partial charge is 0.349 e. The van der Waals surface area contributed by atoms with Gasteiger partial charge in [-0.3, -0.25) is 5.41 Å². The molecule has 0 amide bonds. The third-order valence-electron chi connectivity index (χ3n) is 2.31. The van der Waals surface area contributed by atoms with E-state index in [0.717, 1.165) is 12.0 Å². The van der Waals surface area contributed by atoms with Gasteiger partial charge in [-0.05, 0) is 36.5 Å². The van der Waals surface area contributed by atoms with E-state index in [9.17, 15) is 4.79 Å². The number of carboxylic acids is 1. The molecule has 0 radical (unpaired) electrons. The van der Waals surface area contributed by atoms with Gasteiger partial charge in [0, 0.05) is 5.02 Å². The largest absolute Gasteiger partial charge is 0.477 e. The van der Waals surface area contributed by atoms with Crippen molar-refractivity contribution in [3.63, 3.8) is 0 Å². The normalized spacial score (nSPS) is 12.1. The molecule has 1 unspecified atom stereocenters. The number of carboxylic acid groups (broad SMARTS) is 1. The summed E-state index contributed by atoms with van der Waals surface area (Å²) in [5, 5.41) is 16.5. The second-order valence-electron chi connectivity index (χ2n) is 3.92. The van der Waals surface area contributed by atoms with E-state index in [0.29, 0.717) is 5.02 Å². The maximum atomic E-state index is 10.5. The zero-order chi connectivity index (χ0) is 12.1. The van der Waals surface area contributed by atoms with E-state index in [2.05, 4.69) is 0 Å². The van der Waals surface area contributed by atoms with Crippen LogP contribution >= 0.6 is 11.6 Å². The van der Waals surface area contributed by atoms with Gasteiger partial charge in [0.1, 0.15) is 5.71 Å². The van der Waals surface area contributed by atoms with Crippen LogP contribution in [-0.2, 0) is 11.2 Å². The molecule has 4 heteroatoms. The van der Waals surface area contributed by atoms with Gasteiger partial charge in [-0.15, -0.1) is 0 Å². The molecule has 0 aliphatic carbocycles. The van der Waals surface area contributed by atoms with E-state index in [1.807, 2.05) is 31.2 Å². The Labute approximate surface area is 99.6 Å². The Balaban J connectivity index is 2.51. The van der Waals surface area contributed by atoms with E-state index >= 15 is 0 Å². The SMILES string of the molecule is CC(CC(=N)C(=O)O)Cc1ccc(Cl)cc1. The van der Waals surface area contributed by atoms with Gasteiger partial charge in [-0.2, -0.15) is 0 Å². The molecule has 1 aromatic rings. The fourth-order valence-electron chi connectivity index (χ4n) is 1.53. The first-order valence-electron chi connectivity index (χ1n) is 5.04. The van der Waals surface area contributed by atoms with Gasteiger partial charge >= 0.3 is 5.97 Å². The van der Waals surface area contributed by atoms with Crippen molar-refractivity contribution < 1.29 is 9.90 Å². The summed E-state index contributed by atoms with van der Waals surface area (Å²) in [6.07, 6.45) is 1.05. The fourth-order valence-corrected chi connectivity index (χ4v) is 1.66. The van der Waals surface area contributed by atoms with Crippen molar-refractivity contribution in [3.8, 4) is 0 Å². The van der Waals surface area contributed by atoms with Gasteiger partial charge in [0.25, 0.3) is 0 Å². The van der Waals surface area contributed by atoms with Crippen LogP contribution in [0, 0.1) is 11.3 Å². The summed E-state index contributed by atoms with van der Waals surface area (Å²) >= 11 is 5.76. The van der Waals surface area contributed by atoms with Gasteiger partial charge < -0.3 is 5.11 Å². The second kappa shape index (κ2) is 5.66. The zero-order valence-electron chi connectivity index (χ0n) is 9.03. The van der Waals surface area contributed by atoms with Crippen LogP contribution in [0.1, 0.15) is 18.9 Å². The third kappa shape index (κ3) is 4.03. The highest BCUT2D eigenvalue weighted by Gasteiger charge is 2.12. The number of halogens is 1. The van der Waals surface area contributed by atoms with Crippen LogP contribution in [0.4, 0.5) is 0 Å². The van der Waals surface area contributed by atoms with E-state index in [-0.39, 0.29) is 18.1 Å². The topological polar surface area (TPSA) is 61.2 Å². The predicted molar refractivity (Wildman–Crippen MR) is 64.3 cm³/mol. The highest BCUT2D eigenvalue weighted by Crippen LogP contribution is 2.15. The van der Waals surface area contributed by atoms with Crippen molar-refractivity contribution in [2.24, 2.45) is 5.92 Å². The third-order valence-corrected chi connectivity index (χ3v) is 2.56. The van der Waals surface area contributed by atoms with Crippen LogP contribution in [0.3, 0.4) is 0 Å². The molecular formula is C12H14ClNO2. The lowest BCUT2D eigenvalue weighted by molar-refractivity contribution is -0.129. The molecule has 0 fully saturated rings. The first-order chi connectivity index (χ1) is 7.49. The molecule has 86 valence electrons. The number of hydrogen-bond donors (Lipinski definition) is 2. The second-order valence-corrected chi connectivity index (χ2v) is 4.36. The number of rotatable bonds is 5. The maximum absolute atomic E-state index is 10.5. The van der Waals surface area contributed by atoms with Gasteiger partial charge in [-0.1, -0.05) is 30.7 Å². The number of hydrogen-bond acceptors (Lipinski definition) is 2. The van der Waals surface area contributed by atoms with Crippen LogP contribution in [0.15, 0.2) is 24.3 Å². The van der Waals surface area contributed by atoms with E-state index in [1.54, 1.807) is 0 Å². The summed E-state index contributed by atoms with van der Waals surface area (Å²) in [5.74, 6) is -0.993. The summed E-state index contributed by atoms with van der Waals surface area (Å²) in [4.78, 5) is 10.5. The molecule has 0 saturated carbocycles. The molecule has 3 nitrogen and oxygen atoms in total. The van der Waals surface area contributed by atoms with E-state index < -0.39 is 5.97 Å². The van der Waals surface area contributed by atoms with Crippen LogP contribution in [-0.4, -0.2) is 16.8 Å². The van der Waals surface area contributed by atoms with Crippen LogP contribution < -0.4 is 0 Å². The van der Waals surface area contributed by atoms with Crippen molar-refractivity contribution in [3.05, 3.63) is 34.9 Å². The first-order valence-corrected chi connectivity index (χ1v) is 5.42. The Bertz CT molecular complexity index is 387. The lowest BCUT2D eigenvalue weighted by Crippen LogP contribution is -2.16. The van der Waals surface area contributed by atoms with Gasteiger partial charge in [0.2, 0.25) is 0 Å². The van der Waals surface area contributed by atoms with Crippen molar-refractivity contribution in [2.45, 2.75) is 19.8 Å². The Hall–Kier alpha value is -1.35. The molecule has 16 heavy (non-hydrogen) atoms. The highest BCUT2D eigenvalue weighted by atomic mass is 35.5. The summed E-state index contributed by atoms with van der Waals surface area (Å²) in [6, 6.07) is 7.46. The van der Waals surface area contributed by atoms with E-state index in [1.165, 1.54) is 0 Å². The molecule has 0 heterocycles. The molecule has 0 aliphatic rings. The quantitative estimate of drug-likeness (QED) is 0.776. The van der Waals surface area contributed by atoms with Gasteiger partial charge in [0.05, 0.1) is 0 Å². The van der Waals surface area contributed by atoms with Gasteiger partial charge in [-0.25, -0.2) is 4.79 Å². The molecule has 0 spiro atoms. The standard InChI is InChI=1S/C12H14ClNO2/c1-8(7-11(14)12(15)16)6-9-2-4-10(13)5-3-9/h2-5,8,14H,6-7H2,1H3,(H,15,16). The summed E-state index contributed by atoms with van der Waals surface area (Å²) in [7, 11) is 0. The average molecular weight is 240 g/mol. The van der Waals surface area contributed by atoms with E-state index in [4.69, 9.17) is 22.1 Å². The zero-order valence-corrected chi connectivity index (χ0v) is 9.79. The molecule has 0 aromatic heterocycles. The monoisotopic (exact) mass is 239 g/mol. The van der Waals surface area contributed by atoms with Gasteiger partial charge in [0.15, 0.2) is 0 Å². The van der Waals surface area contributed by atoms with Crippen molar-refractivity contribution >= 4 is 23.3 Å². The predicted octanol–water partition coefficient (Wildman–Crippen LogP) is 3.01. The molecule has 1 aromatic carbocycles. The van der Waals surface area contributed by atoms with Crippen molar-refractivity contribution in [2.75, 3.05) is 0 Å². The summed E-state index contributed by atoms with van der Waals surface area (Å²) < 4.78 is 0. The molecule has 1 atom stereocenters. The molecule has 0 bridgehead atoms. The lowest BCUT2D eigenvalue weighted by Gasteiger charge is -2.10. The number of carbonyl (C=O) groups is 1. The first kappa shape index (κ1) is 12.7. The molecular weight excluding hydrogens is 226 g/mol. The lowest BCUT2D eigenvalue weighted by atomic mass is 9.96. The maximum Gasteiger partial charge on any atom is 0.349 e. The summed E-state index contributed by atoms with van der Waals surface area (Å²) in [6.45, 7) is 1.94. The number of benzene rings is 1. The summed E-state index contributed by atoms with van der Waals surface area (Å²) in [5.41, 5.74) is 0.872. The fraction of sp³-hybridized carbons (Fsp3) is 0.333. The molecule has 0 saturated heterocycles. The Morgan fingerprint density at radius 1 is 1.44 bits per heavy atom. The molecule has 1 rings (SSSR count). The molecule has 0 aliphatic heterocycles.